The molecule has 3 atom stereocenters. The van der Waals surface area contributed by atoms with E-state index in [2.05, 4.69) is 36.6 Å². The van der Waals surface area contributed by atoms with Crippen molar-refractivity contribution in [3.05, 3.63) is 124 Å². The minimum absolute atomic E-state index is 0.232. The van der Waals surface area contributed by atoms with E-state index in [9.17, 15) is 24.0 Å². The number of amides is 5. The lowest BCUT2D eigenvalue weighted by atomic mass is 9.85. The van der Waals surface area contributed by atoms with E-state index in [4.69, 9.17) is 5.73 Å². The molecule has 4 heterocycles. The SMILES string of the molecule is Cc1ccccc1Nc1ncc(C(=O)NCCCCC(N)C(=O)NC(C(=O)N2CCCC2C(=O)NCc2ccc(-c3scnc3C)cc2)C(C)(C)C)cc1NC(=O)c1csc2ccccc12. The van der Waals surface area contributed by atoms with E-state index in [1.165, 1.54) is 17.5 Å². The molecule has 344 valence electrons. The van der Waals surface area contributed by atoms with Crippen molar-refractivity contribution in [1.29, 1.82) is 0 Å². The van der Waals surface area contributed by atoms with Crippen molar-refractivity contribution in [3.8, 4) is 10.4 Å². The number of hydrogen-bond acceptors (Lipinski definition) is 11. The minimum atomic E-state index is -0.905. The fourth-order valence-corrected chi connectivity index (χ4v) is 9.67. The second-order valence-electron chi connectivity index (χ2n) is 17.7. The highest BCUT2D eigenvalue weighted by molar-refractivity contribution is 7.17. The molecule has 1 aliphatic rings. The van der Waals surface area contributed by atoms with Crippen LogP contribution >= 0.6 is 22.7 Å². The van der Waals surface area contributed by atoms with Gasteiger partial charge in [0.1, 0.15) is 12.1 Å². The van der Waals surface area contributed by atoms with Crippen molar-refractivity contribution in [1.82, 2.24) is 30.8 Å². The minimum Gasteiger partial charge on any atom is -0.352 e. The van der Waals surface area contributed by atoms with Gasteiger partial charge >= 0.3 is 0 Å². The topological polar surface area (TPSA) is 201 Å². The van der Waals surface area contributed by atoms with E-state index in [1.807, 2.05) is 118 Å². The summed E-state index contributed by atoms with van der Waals surface area (Å²) in [7, 11) is 0. The molecule has 6 aromatic rings. The first kappa shape index (κ1) is 47.5. The third-order valence-electron chi connectivity index (χ3n) is 11.8. The average molecular weight is 928 g/mol. The number of pyridine rings is 1. The largest absolute Gasteiger partial charge is 0.352 e. The number of thiophene rings is 1. The summed E-state index contributed by atoms with van der Waals surface area (Å²) in [6.07, 6.45) is 4.04. The Hall–Kier alpha value is -6.49. The molecule has 7 N–H and O–H groups in total. The van der Waals surface area contributed by atoms with Gasteiger partial charge in [0.25, 0.3) is 11.8 Å². The van der Waals surface area contributed by atoms with Crippen molar-refractivity contribution < 1.29 is 24.0 Å². The molecule has 0 saturated carbocycles. The van der Waals surface area contributed by atoms with E-state index in [0.29, 0.717) is 68.8 Å². The van der Waals surface area contributed by atoms with Gasteiger partial charge in [0.2, 0.25) is 17.7 Å². The number of nitrogens with two attached hydrogens (primary N) is 1. The Bertz CT molecular complexity index is 2710. The Labute approximate surface area is 393 Å². The van der Waals surface area contributed by atoms with Gasteiger partial charge in [-0.1, -0.05) is 81.4 Å². The molecule has 0 radical (unpaired) electrons. The third kappa shape index (κ3) is 11.5. The molecule has 0 spiro atoms. The number of fused-ring (bicyclic) bond motifs is 1. The summed E-state index contributed by atoms with van der Waals surface area (Å²) in [4.78, 5) is 79.6. The molecule has 3 aromatic carbocycles. The molecule has 66 heavy (non-hydrogen) atoms. The second kappa shape index (κ2) is 21.2. The summed E-state index contributed by atoms with van der Waals surface area (Å²) in [5.41, 5.74) is 13.4. The molecule has 1 aliphatic heterocycles. The summed E-state index contributed by atoms with van der Waals surface area (Å²) < 4.78 is 0.990. The number of unbranched alkanes of at least 4 members (excludes halogenated alkanes) is 1. The summed E-state index contributed by atoms with van der Waals surface area (Å²) in [5, 5.41) is 17.8. The van der Waals surface area contributed by atoms with Crippen LogP contribution < -0.4 is 32.3 Å². The predicted octanol–water partition coefficient (Wildman–Crippen LogP) is 8.10. The highest BCUT2D eigenvalue weighted by Crippen LogP contribution is 2.31. The number of hydrogen-bond donors (Lipinski definition) is 6. The normalized spacial score (nSPS) is 14.6. The molecule has 7 rings (SSSR count). The zero-order valence-corrected chi connectivity index (χ0v) is 39.5. The first-order valence-electron chi connectivity index (χ1n) is 22.2. The number of anilines is 3. The Morgan fingerprint density at radius 2 is 1.64 bits per heavy atom. The Morgan fingerprint density at radius 3 is 2.38 bits per heavy atom. The maximum Gasteiger partial charge on any atom is 0.257 e. The van der Waals surface area contributed by atoms with Crippen LogP contribution in [0.25, 0.3) is 20.5 Å². The Morgan fingerprint density at radius 1 is 0.879 bits per heavy atom. The highest BCUT2D eigenvalue weighted by atomic mass is 32.1. The van der Waals surface area contributed by atoms with Crippen molar-refractivity contribution in [2.24, 2.45) is 11.1 Å². The van der Waals surface area contributed by atoms with E-state index in [1.54, 1.807) is 22.3 Å². The molecular formula is C50H57N9O5S2. The summed E-state index contributed by atoms with van der Waals surface area (Å²) in [6, 6.07) is 22.5. The number of aromatic nitrogens is 2. The van der Waals surface area contributed by atoms with Crippen LogP contribution in [0.5, 0.6) is 0 Å². The average Bonchev–Trinajstić information content (AvgIpc) is 4.08. The van der Waals surface area contributed by atoms with E-state index in [-0.39, 0.29) is 29.2 Å². The van der Waals surface area contributed by atoms with Gasteiger partial charge < -0.3 is 37.2 Å². The third-order valence-corrected chi connectivity index (χ3v) is 13.7. The molecule has 16 heteroatoms. The summed E-state index contributed by atoms with van der Waals surface area (Å²) in [5.74, 6) is -1.31. The molecular weight excluding hydrogens is 871 g/mol. The highest BCUT2D eigenvalue weighted by Gasteiger charge is 2.42. The lowest BCUT2D eigenvalue weighted by molar-refractivity contribution is -0.144. The number of carbonyl (C=O) groups excluding carboxylic acids is 5. The molecule has 3 aromatic heterocycles. The van der Waals surface area contributed by atoms with Gasteiger partial charge in [-0.25, -0.2) is 9.97 Å². The smallest absolute Gasteiger partial charge is 0.257 e. The van der Waals surface area contributed by atoms with Crippen molar-refractivity contribution >= 4 is 79.5 Å². The van der Waals surface area contributed by atoms with Crippen LogP contribution in [-0.2, 0) is 20.9 Å². The number of likely N-dealkylation sites (tertiary alicyclic amines) is 1. The van der Waals surface area contributed by atoms with Crippen LogP contribution in [0.15, 0.2) is 96.0 Å². The van der Waals surface area contributed by atoms with Gasteiger partial charge in [-0.05, 0) is 86.3 Å². The molecule has 0 bridgehead atoms. The van der Waals surface area contributed by atoms with Gasteiger partial charge in [0, 0.05) is 47.0 Å². The first-order valence-corrected chi connectivity index (χ1v) is 24.0. The van der Waals surface area contributed by atoms with Crippen LogP contribution in [0, 0.1) is 19.3 Å². The lowest BCUT2D eigenvalue weighted by Gasteiger charge is -2.36. The fraction of sp³-hybridized carbons (Fsp3) is 0.340. The zero-order valence-electron chi connectivity index (χ0n) is 37.9. The van der Waals surface area contributed by atoms with Crippen LogP contribution in [0.4, 0.5) is 17.2 Å². The standard InChI is InChI=1S/C50H57N9O5S2/c1-30-13-6-8-16-38(30)56-44-39(57-46(61)36-28-65-41-18-9-7-14-35(36)41)25-34(27-53-44)45(60)52-23-11-10-15-37(51)47(62)58-43(50(3,4)5)49(64)59-24-12-17-40(59)48(63)54-26-32-19-21-33(22-20-32)42-31(2)55-29-66-42/h6-9,13-14,16,18-22,25,27-29,37,40,43H,10-12,15,17,23-24,26,51H2,1-5H3,(H,52,60)(H,53,56)(H,54,63)(H,57,61)(H,58,62). The molecule has 1 saturated heterocycles. The van der Waals surface area contributed by atoms with Gasteiger partial charge in [-0.3, -0.25) is 24.0 Å². The van der Waals surface area contributed by atoms with E-state index in [0.717, 1.165) is 43.0 Å². The van der Waals surface area contributed by atoms with Crippen LogP contribution in [0.1, 0.15) is 90.4 Å². The maximum absolute atomic E-state index is 14.1. The van der Waals surface area contributed by atoms with Gasteiger partial charge in [-0.15, -0.1) is 22.7 Å². The number of nitrogens with zero attached hydrogens (tertiary/aromatic N) is 3. The monoisotopic (exact) mass is 927 g/mol. The van der Waals surface area contributed by atoms with Crippen molar-refractivity contribution in [3.63, 3.8) is 0 Å². The van der Waals surface area contributed by atoms with Crippen molar-refractivity contribution in [2.75, 3.05) is 23.7 Å². The second-order valence-corrected chi connectivity index (χ2v) is 19.5. The maximum atomic E-state index is 14.1. The Balaban J connectivity index is 0.900. The summed E-state index contributed by atoms with van der Waals surface area (Å²) in [6.45, 7) is 10.6. The molecule has 3 unspecified atom stereocenters. The predicted molar refractivity (Wildman–Crippen MR) is 263 cm³/mol. The van der Waals surface area contributed by atoms with Crippen LogP contribution in [0.2, 0.25) is 0 Å². The van der Waals surface area contributed by atoms with Crippen LogP contribution in [0.3, 0.4) is 0 Å². The lowest BCUT2D eigenvalue weighted by Crippen LogP contribution is -2.59. The van der Waals surface area contributed by atoms with Gasteiger partial charge in [-0.2, -0.15) is 0 Å². The number of thiazole rings is 1. The number of carbonyl (C=O) groups is 5. The van der Waals surface area contributed by atoms with E-state index >= 15 is 0 Å². The summed E-state index contributed by atoms with van der Waals surface area (Å²) >= 11 is 3.07. The first-order chi connectivity index (χ1) is 31.7. The molecule has 5 amide bonds. The number of para-hydroxylation sites is 1. The van der Waals surface area contributed by atoms with Gasteiger partial charge in [0.15, 0.2) is 5.82 Å². The Kier molecular flexibility index (Phi) is 15.3. The van der Waals surface area contributed by atoms with Gasteiger partial charge in [0.05, 0.1) is 38.9 Å². The van der Waals surface area contributed by atoms with Crippen molar-refractivity contribution in [2.45, 2.75) is 91.4 Å². The van der Waals surface area contributed by atoms with Crippen LogP contribution in [-0.4, -0.2) is 75.6 Å². The van der Waals surface area contributed by atoms with E-state index < -0.39 is 29.4 Å². The number of rotatable bonds is 17. The fourth-order valence-electron chi connectivity index (χ4n) is 7.92. The molecule has 0 aliphatic carbocycles. The molecule has 14 nitrogen and oxygen atoms in total. The number of benzene rings is 3. The molecule has 1 fully saturated rings. The quantitative estimate of drug-likeness (QED) is 0.0489. The zero-order chi connectivity index (χ0) is 47.0. The number of aryl methyl sites for hydroxylation is 2. The number of nitrogens with one attached hydrogen (secondary N) is 5.